The maximum absolute atomic E-state index is 12.6. The van der Waals surface area contributed by atoms with Gasteiger partial charge >= 0.3 is 6.18 Å². The van der Waals surface area contributed by atoms with Crippen LogP contribution in [0.15, 0.2) is 22.7 Å². The Morgan fingerprint density at radius 1 is 1.33 bits per heavy atom. The highest BCUT2D eigenvalue weighted by atomic mass is 79.9. The third kappa shape index (κ3) is 3.94. The van der Waals surface area contributed by atoms with Crippen molar-refractivity contribution in [1.29, 1.82) is 0 Å². The number of carbonyl (C=O) groups is 1. The highest BCUT2D eigenvalue weighted by Gasteiger charge is 2.35. The van der Waals surface area contributed by atoms with Gasteiger partial charge in [-0.05, 0) is 18.2 Å². The predicted octanol–water partition coefficient (Wildman–Crippen LogP) is 3.46. The zero-order chi connectivity index (χ0) is 13.9. The lowest BCUT2D eigenvalue weighted by Crippen LogP contribution is -2.30. The Morgan fingerprint density at radius 2 is 1.94 bits per heavy atom. The van der Waals surface area contributed by atoms with E-state index in [4.69, 9.17) is 0 Å². The van der Waals surface area contributed by atoms with Gasteiger partial charge < -0.3 is 5.32 Å². The lowest BCUT2D eigenvalue weighted by atomic mass is 10.1. The Bertz CT molecular complexity index is 446. The van der Waals surface area contributed by atoms with Gasteiger partial charge in [0.25, 0.3) is 12.3 Å². The normalized spacial score (nSPS) is 11.7. The van der Waals surface area contributed by atoms with E-state index in [1.54, 1.807) is 5.32 Å². The molecule has 1 aromatic carbocycles. The third-order valence-electron chi connectivity index (χ3n) is 1.95. The fourth-order valence-corrected chi connectivity index (χ4v) is 1.58. The molecule has 1 amide bonds. The van der Waals surface area contributed by atoms with Gasteiger partial charge in [0.15, 0.2) is 0 Å². The van der Waals surface area contributed by atoms with Gasteiger partial charge in [-0.15, -0.1) is 0 Å². The maximum atomic E-state index is 12.6. The quantitative estimate of drug-likeness (QED) is 0.844. The average Bonchev–Trinajstić information content (AvgIpc) is 2.24. The highest BCUT2D eigenvalue weighted by Crippen LogP contribution is 2.33. The summed E-state index contributed by atoms with van der Waals surface area (Å²) in [6, 6.07) is 2.87. The van der Waals surface area contributed by atoms with Crippen LogP contribution in [0.2, 0.25) is 0 Å². The maximum Gasteiger partial charge on any atom is 0.417 e. The molecule has 0 atom stereocenters. The Morgan fingerprint density at radius 3 is 2.44 bits per heavy atom. The van der Waals surface area contributed by atoms with Crippen molar-refractivity contribution < 1.29 is 26.7 Å². The van der Waals surface area contributed by atoms with E-state index in [2.05, 4.69) is 15.9 Å². The lowest BCUT2D eigenvalue weighted by Gasteiger charge is -2.13. The summed E-state index contributed by atoms with van der Waals surface area (Å²) in [4.78, 5) is 11.4. The van der Waals surface area contributed by atoms with Gasteiger partial charge in [0.1, 0.15) is 0 Å². The first-order valence-electron chi connectivity index (χ1n) is 4.65. The summed E-state index contributed by atoms with van der Waals surface area (Å²) in [5, 5.41) is 1.73. The molecule has 0 aliphatic carbocycles. The van der Waals surface area contributed by atoms with Crippen molar-refractivity contribution in [2.45, 2.75) is 12.6 Å². The van der Waals surface area contributed by atoms with E-state index >= 15 is 0 Å². The van der Waals surface area contributed by atoms with Crippen LogP contribution < -0.4 is 5.32 Å². The molecule has 0 fully saturated rings. The number of hydrogen-bond donors (Lipinski definition) is 1. The van der Waals surface area contributed by atoms with Crippen LogP contribution in [0.4, 0.5) is 22.0 Å². The topological polar surface area (TPSA) is 29.1 Å². The van der Waals surface area contributed by atoms with Gasteiger partial charge in [-0.1, -0.05) is 15.9 Å². The second-order valence-electron chi connectivity index (χ2n) is 3.29. The van der Waals surface area contributed by atoms with E-state index in [-0.39, 0.29) is 4.47 Å². The molecule has 0 saturated heterocycles. The van der Waals surface area contributed by atoms with Crippen molar-refractivity contribution in [1.82, 2.24) is 5.32 Å². The van der Waals surface area contributed by atoms with Crippen molar-refractivity contribution in [3.05, 3.63) is 33.8 Å². The van der Waals surface area contributed by atoms with Crippen LogP contribution in [0.3, 0.4) is 0 Å². The smallest absolute Gasteiger partial charge is 0.346 e. The van der Waals surface area contributed by atoms with E-state index in [0.717, 1.165) is 12.1 Å². The van der Waals surface area contributed by atoms with Crippen molar-refractivity contribution in [3.8, 4) is 0 Å². The minimum absolute atomic E-state index is 0.139. The summed E-state index contributed by atoms with van der Waals surface area (Å²) in [6.07, 6.45) is -7.56. The van der Waals surface area contributed by atoms with Gasteiger partial charge in [-0.3, -0.25) is 4.79 Å². The zero-order valence-electron chi connectivity index (χ0n) is 8.69. The molecule has 0 aliphatic heterocycles. The van der Waals surface area contributed by atoms with Crippen LogP contribution in [-0.2, 0) is 6.18 Å². The first-order valence-corrected chi connectivity index (χ1v) is 5.44. The molecule has 0 radical (unpaired) electrons. The van der Waals surface area contributed by atoms with Crippen LogP contribution in [-0.4, -0.2) is 18.9 Å². The fraction of sp³-hybridized carbons (Fsp3) is 0.300. The highest BCUT2D eigenvalue weighted by molar-refractivity contribution is 9.10. The molecule has 0 spiro atoms. The Labute approximate surface area is 107 Å². The van der Waals surface area contributed by atoms with E-state index in [1.807, 2.05) is 0 Å². The van der Waals surface area contributed by atoms with Crippen molar-refractivity contribution >= 4 is 21.8 Å². The van der Waals surface area contributed by atoms with Crippen LogP contribution in [0.25, 0.3) is 0 Å². The number of carbonyl (C=O) groups excluding carboxylic acids is 1. The number of amides is 1. The fourth-order valence-electron chi connectivity index (χ4n) is 1.21. The van der Waals surface area contributed by atoms with Gasteiger partial charge in [0.05, 0.1) is 17.7 Å². The Balaban J connectivity index is 3.05. The van der Waals surface area contributed by atoms with Crippen LogP contribution >= 0.6 is 15.9 Å². The van der Waals surface area contributed by atoms with E-state index < -0.39 is 36.2 Å². The molecular formula is C10H7BrF5NO. The second-order valence-corrected chi connectivity index (χ2v) is 4.20. The second kappa shape index (κ2) is 5.64. The van der Waals surface area contributed by atoms with E-state index in [9.17, 15) is 26.7 Å². The first kappa shape index (κ1) is 14.9. The van der Waals surface area contributed by atoms with Crippen LogP contribution in [0.1, 0.15) is 15.9 Å². The number of benzene rings is 1. The van der Waals surface area contributed by atoms with Crippen LogP contribution in [0, 0.1) is 0 Å². The molecule has 2 nitrogen and oxygen atoms in total. The lowest BCUT2D eigenvalue weighted by molar-refractivity contribution is -0.138. The van der Waals surface area contributed by atoms with Crippen LogP contribution in [0.5, 0.6) is 0 Å². The zero-order valence-corrected chi connectivity index (χ0v) is 10.3. The molecule has 0 bridgehead atoms. The summed E-state index contributed by atoms with van der Waals surface area (Å²) < 4.78 is 61.8. The Kier molecular flexibility index (Phi) is 4.66. The van der Waals surface area contributed by atoms with E-state index in [1.165, 1.54) is 6.07 Å². The molecule has 18 heavy (non-hydrogen) atoms. The summed E-state index contributed by atoms with van der Waals surface area (Å²) in [5.41, 5.74) is -1.87. The SMILES string of the molecule is O=C(NCC(F)F)c1ccc(Br)cc1C(F)(F)F. The standard InChI is InChI=1S/C10H7BrF5NO/c11-5-1-2-6(7(3-5)10(14,15)16)9(18)17-4-8(12)13/h1-3,8H,4H2,(H,17,18). The van der Waals surface area contributed by atoms with E-state index in [0.29, 0.717) is 0 Å². The summed E-state index contributed by atoms with van der Waals surface area (Å²) in [6.45, 7) is -0.994. The van der Waals surface area contributed by atoms with Crippen molar-refractivity contribution in [2.75, 3.05) is 6.54 Å². The summed E-state index contributed by atoms with van der Waals surface area (Å²) in [5.74, 6) is -1.19. The minimum atomic E-state index is -4.73. The molecule has 0 unspecified atom stereocenters. The molecule has 1 N–H and O–H groups in total. The molecule has 100 valence electrons. The number of nitrogens with one attached hydrogen (secondary N) is 1. The van der Waals surface area contributed by atoms with Gasteiger partial charge in [-0.25, -0.2) is 8.78 Å². The molecule has 0 saturated carbocycles. The number of halogens is 6. The number of alkyl halides is 5. The molecule has 0 heterocycles. The first-order chi connectivity index (χ1) is 8.21. The van der Waals surface area contributed by atoms with Crippen molar-refractivity contribution in [2.24, 2.45) is 0 Å². The monoisotopic (exact) mass is 331 g/mol. The largest absolute Gasteiger partial charge is 0.417 e. The summed E-state index contributed by atoms with van der Waals surface area (Å²) >= 11 is 2.85. The molecule has 0 aromatic heterocycles. The minimum Gasteiger partial charge on any atom is -0.346 e. The van der Waals surface area contributed by atoms with Gasteiger partial charge in [0.2, 0.25) is 0 Å². The molecule has 8 heteroatoms. The molecule has 1 aromatic rings. The Hall–Kier alpha value is -1.18. The third-order valence-corrected chi connectivity index (χ3v) is 2.44. The molecule has 1 rings (SSSR count). The van der Waals surface area contributed by atoms with Gasteiger partial charge in [0, 0.05) is 4.47 Å². The molecule has 0 aliphatic rings. The average molecular weight is 332 g/mol. The van der Waals surface area contributed by atoms with Gasteiger partial charge in [-0.2, -0.15) is 13.2 Å². The molecular weight excluding hydrogens is 325 g/mol. The number of rotatable bonds is 3. The predicted molar refractivity (Wildman–Crippen MR) is 57.5 cm³/mol. The number of hydrogen-bond acceptors (Lipinski definition) is 1. The summed E-state index contributed by atoms with van der Waals surface area (Å²) in [7, 11) is 0. The van der Waals surface area contributed by atoms with Crippen molar-refractivity contribution in [3.63, 3.8) is 0 Å².